The lowest BCUT2D eigenvalue weighted by atomic mass is 10.2. The molecule has 0 aromatic carbocycles. The number of hydrogen-bond acceptors (Lipinski definition) is 4. The van der Waals surface area contributed by atoms with Crippen LogP contribution >= 0.6 is 11.8 Å². The fourth-order valence-corrected chi connectivity index (χ4v) is 3.42. The van der Waals surface area contributed by atoms with E-state index in [0.29, 0.717) is 5.25 Å². The van der Waals surface area contributed by atoms with Crippen molar-refractivity contribution in [2.75, 3.05) is 18.8 Å². The molecule has 1 fully saturated rings. The molecule has 114 valence electrons. The maximum absolute atomic E-state index is 12.0. The minimum atomic E-state index is -1.17. The van der Waals surface area contributed by atoms with Crippen molar-refractivity contribution in [1.29, 1.82) is 0 Å². The van der Waals surface area contributed by atoms with Crippen LogP contribution in [0.2, 0.25) is 0 Å². The number of carbonyl (C=O) groups is 3. The molecule has 4 N–H and O–H groups in total. The number of urea groups is 1. The summed E-state index contributed by atoms with van der Waals surface area (Å²) in [5, 5.41) is 12.1. The molecule has 1 aliphatic rings. The molecule has 7 nitrogen and oxygen atoms in total. The number of nitrogens with one attached hydrogen (secondary N) is 1. The van der Waals surface area contributed by atoms with Crippen molar-refractivity contribution in [2.45, 2.75) is 37.5 Å². The van der Waals surface area contributed by atoms with E-state index in [1.54, 1.807) is 0 Å². The standard InChI is InChI=1S/C12H21N3O4S/c1-2-20-9-4-3-8(5-9)14-12(19)15(6-10(13)16)7-11(17)18/h8-9H,2-7H2,1H3,(H2,13,16)(H,14,19)(H,17,18). The normalized spacial score (nSPS) is 21.4. The van der Waals surface area contributed by atoms with Gasteiger partial charge in [0.15, 0.2) is 0 Å². The van der Waals surface area contributed by atoms with Gasteiger partial charge in [-0.3, -0.25) is 9.59 Å². The van der Waals surface area contributed by atoms with Gasteiger partial charge in [-0.25, -0.2) is 4.79 Å². The van der Waals surface area contributed by atoms with Crippen molar-refractivity contribution in [2.24, 2.45) is 5.73 Å². The van der Waals surface area contributed by atoms with Crippen molar-refractivity contribution in [1.82, 2.24) is 10.2 Å². The molecule has 0 bridgehead atoms. The third-order valence-corrected chi connectivity index (χ3v) is 4.31. The molecule has 0 saturated heterocycles. The summed E-state index contributed by atoms with van der Waals surface area (Å²) in [4.78, 5) is 34.5. The molecule has 20 heavy (non-hydrogen) atoms. The van der Waals surface area contributed by atoms with Crippen LogP contribution in [0.15, 0.2) is 0 Å². The highest BCUT2D eigenvalue weighted by atomic mass is 32.2. The highest BCUT2D eigenvalue weighted by Crippen LogP contribution is 2.29. The van der Waals surface area contributed by atoms with Gasteiger partial charge in [-0.05, 0) is 25.0 Å². The number of carboxylic acids is 1. The number of nitrogens with two attached hydrogens (primary N) is 1. The van der Waals surface area contributed by atoms with E-state index in [-0.39, 0.29) is 6.04 Å². The molecule has 3 amide bonds. The van der Waals surface area contributed by atoms with Crippen LogP contribution in [0.3, 0.4) is 0 Å². The minimum absolute atomic E-state index is 0.0377. The third-order valence-electron chi connectivity index (χ3n) is 3.07. The van der Waals surface area contributed by atoms with Gasteiger partial charge < -0.3 is 21.1 Å². The van der Waals surface area contributed by atoms with Gasteiger partial charge in [0.2, 0.25) is 5.91 Å². The molecule has 2 unspecified atom stereocenters. The van der Waals surface area contributed by atoms with E-state index in [1.807, 2.05) is 11.8 Å². The van der Waals surface area contributed by atoms with Crippen molar-refractivity contribution < 1.29 is 19.5 Å². The van der Waals surface area contributed by atoms with Crippen molar-refractivity contribution in [3.8, 4) is 0 Å². The first-order valence-electron chi connectivity index (χ1n) is 6.59. The Bertz CT molecular complexity index is 362. The van der Waals surface area contributed by atoms with Crippen LogP contribution in [0.25, 0.3) is 0 Å². The van der Waals surface area contributed by atoms with Gasteiger partial charge in [-0.2, -0.15) is 11.8 Å². The number of carbonyl (C=O) groups excluding carboxylic acids is 2. The summed E-state index contributed by atoms with van der Waals surface area (Å²) >= 11 is 1.87. The number of thioether (sulfide) groups is 1. The van der Waals surface area contributed by atoms with Gasteiger partial charge in [-0.1, -0.05) is 6.92 Å². The summed E-state index contributed by atoms with van der Waals surface area (Å²) in [6.07, 6.45) is 2.79. The van der Waals surface area contributed by atoms with Gasteiger partial charge in [-0.15, -0.1) is 0 Å². The molecular formula is C12H21N3O4S. The Morgan fingerprint density at radius 1 is 1.35 bits per heavy atom. The zero-order valence-corrected chi connectivity index (χ0v) is 12.3. The maximum atomic E-state index is 12.0. The molecule has 0 spiro atoms. The second-order valence-electron chi connectivity index (χ2n) is 4.75. The summed E-state index contributed by atoms with van der Waals surface area (Å²) in [6.45, 7) is 1.17. The first kappa shape index (κ1) is 16.6. The van der Waals surface area contributed by atoms with Crippen LogP contribution in [-0.4, -0.2) is 58.0 Å². The van der Waals surface area contributed by atoms with Gasteiger partial charge in [0.25, 0.3) is 0 Å². The second-order valence-corrected chi connectivity index (χ2v) is 6.33. The number of amides is 3. The average molecular weight is 303 g/mol. The van der Waals surface area contributed by atoms with E-state index >= 15 is 0 Å². The lowest BCUT2D eigenvalue weighted by Gasteiger charge is -2.22. The van der Waals surface area contributed by atoms with E-state index in [1.165, 1.54) is 0 Å². The minimum Gasteiger partial charge on any atom is -0.480 e. The van der Waals surface area contributed by atoms with E-state index in [4.69, 9.17) is 10.8 Å². The van der Waals surface area contributed by atoms with Crippen LogP contribution < -0.4 is 11.1 Å². The van der Waals surface area contributed by atoms with Crippen LogP contribution in [0.1, 0.15) is 26.2 Å². The van der Waals surface area contributed by atoms with Crippen molar-refractivity contribution in [3.63, 3.8) is 0 Å². The van der Waals surface area contributed by atoms with Crippen LogP contribution in [0.4, 0.5) is 4.79 Å². The SMILES string of the molecule is CCSC1CCC(NC(=O)N(CC(N)=O)CC(=O)O)C1. The first-order valence-corrected chi connectivity index (χ1v) is 7.64. The van der Waals surface area contributed by atoms with E-state index in [0.717, 1.165) is 29.9 Å². The van der Waals surface area contributed by atoms with Crippen LogP contribution in [0, 0.1) is 0 Å². The molecule has 2 atom stereocenters. The molecule has 0 aliphatic heterocycles. The Labute approximate surface area is 122 Å². The van der Waals surface area contributed by atoms with E-state index in [9.17, 15) is 14.4 Å². The lowest BCUT2D eigenvalue weighted by Crippen LogP contribution is -2.49. The number of primary amides is 1. The van der Waals surface area contributed by atoms with Crippen LogP contribution in [-0.2, 0) is 9.59 Å². The Balaban J connectivity index is 2.49. The topological polar surface area (TPSA) is 113 Å². The zero-order chi connectivity index (χ0) is 15.1. The summed E-state index contributed by atoms with van der Waals surface area (Å²) in [7, 11) is 0. The Morgan fingerprint density at radius 2 is 2.05 bits per heavy atom. The molecule has 1 aliphatic carbocycles. The second kappa shape index (κ2) is 7.98. The van der Waals surface area contributed by atoms with E-state index in [2.05, 4.69) is 12.2 Å². The monoisotopic (exact) mass is 303 g/mol. The Hall–Kier alpha value is -1.44. The average Bonchev–Trinajstić information content (AvgIpc) is 2.75. The largest absolute Gasteiger partial charge is 0.480 e. The fraction of sp³-hybridized carbons (Fsp3) is 0.750. The number of hydrogen-bond donors (Lipinski definition) is 3. The highest BCUT2D eigenvalue weighted by molar-refractivity contribution is 7.99. The summed E-state index contributed by atoms with van der Waals surface area (Å²) in [5.41, 5.74) is 5.02. The Kier molecular flexibility index (Phi) is 6.63. The van der Waals surface area contributed by atoms with Crippen molar-refractivity contribution >= 4 is 29.7 Å². The predicted molar refractivity (Wildman–Crippen MR) is 76.5 cm³/mol. The zero-order valence-electron chi connectivity index (χ0n) is 11.5. The van der Waals surface area contributed by atoms with Crippen molar-refractivity contribution in [3.05, 3.63) is 0 Å². The Morgan fingerprint density at radius 3 is 2.60 bits per heavy atom. The van der Waals surface area contributed by atoms with Gasteiger partial charge >= 0.3 is 12.0 Å². The molecule has 0 aromatic heterocycles. The molecule has 1 rings (SSSR count). The summed E-state index contributed by atoms with van der Waals surface area (Å²) in [5.74, 6) is -0.863. The molecule has 0 radical (unpaired) electrons. The first-order chi connectivity index (χ1) is 9.42. The maximum Gasteiger partial charge on any atom is 0.323 e. The summed E-state index contributed by atoms with van der Waals surface area (Å²) in [6, 6.07) is -0.505. The molecule has 1 saturated carbocycles. The molecular weight excluding hydrogens is 282 g/mol. The van der Waals surface area contributed by atoms with E-state index < -0.39 is 31.0 Å². The molecule has 0 aromatic rings. The van der Waals surface area contributed by atoms with Gasteiger partial charge in [0, 0.05) is 11.3 Å². The number of carboxylic acid groups (broad SMARTS) is 1. The number of aliphatic carboxylic acids is 1. The third kappa shape index (κ3) is 5.68. The lowest BCUT2D eigenvalue weighted by molar-refractivity contribution is -0.137. The van der Waals surface area contributed by atoms with Gasteiger partial charge in [0.05, 0.1) is 0 Å². The highest BCUT2D eigenvalue weighted by Gasteiger charge is 2.28. The molecule has 8 heteroatoms. The summed E-state index contributed by atoms with van der Waals surface area (Å²) < 4.78 is 0. The molecule has 0 heterocycles. The number of rotatable bonds is 7. The van der Waals surface area contributed by atoms with Crippen LogP contribution in [0.5, 0.6) is 0 Å². The van der Waals surface area contributed by atoms with Gasteiger partial charge in [0.1, 0.15) is 13.1 Å². The smallest absolute Gasteiger partial charge is 0.323 e. The number of nitrogens with zero attached hydrogens (tertiary/aromatic N) is 1. The predicted octanol–water partition coefficient (Wildman–Crippen LogP) is 0.242. The quantitative estimate of drug-likeness (QED) is 0.623. The fourth-order valence-electron chi connectivity index (χ4n) is 2.28.